The molecule has 32 heavy (non-hydrogen) atoms. The first-order chi connectivity index (χ1) is 14.9. The highest BCUT2D eigenvalue weighted by molar-refractivity contribution is 6.34. The van der Waals surface area contributed by atoms with Crippen molar-refractivity contribution in [2.24, 2.45) is 16.6 Å². The normalized spacial score (nSPS) is 23.3. The van der Waals surface area contributed by atoms with Gasteiger partial charge in [0, 0.05) is 23.2 Å². The summed E-state index contributed by atoms with van der Waals surface area (Å²) in [7, 11) is 0. The first kappa shape index (κ1) is 23.7. The van der Waals surface area contributed by atoms with Gasteiger partial charge in [0.2, 0.25) is 0 Å². The molecule has 0 saturated carbocycles. The molecule has 2 aromatic rings. The van der Waals surface area contributed by atoms with E-state index in [2.05, 4.69) is 15.4 Å². The van der Waals surface area contributed by atoms with E-state index in [1.807, 2.05) is 0 Å². The number of amidine groups is 1. The van der Waals surface area contributed by atoms with Crippen molar-refractivity contribution in [2.75, 3.05) is 5.32 Å². The average Bonchev–Trinajstić information content (AvgIpc) is 3.09. The average molecular weight is 484 g/mol. The number of nitrogens with zero attached hydrogens (tertiary/aromatic N) is 3. The van der Waals surface area contributed by atoms with Crippen LogP contribution in [0.3, 0.4) is 0 Å². The number of anilines is 1. The quantitative estimate of drug-likeness (QED) is 0.620. The smallest absolute Gasteiger partial charge is 0.333 e. The number of nitrogens with one attached hydrogen (secondary N) is 1. The zero-order valence-electron chi connectivity index (χ0n) is 16.4. The maximum absolute atomic E-state index is 14.7. The molecule has 3 rings (SSSR count). The Morgan fingerprint density at radius 3 is 2.50 bits per heavy atom. The third-order valence-corrected chi connectivity index (χ3v) is 5.43. The summed E-state index contributed by atoms with van der Waals surface area (Å²) in [4.78, 5) is 16.0. The Balaban J connectivity index is 2.08. The van der Waals surface area contributed by atoms with E-state index in [1.165, 1.54) is 13.8 Å². The van der Waals surface area contributed by atoms with Gasteiger partial charge in [-0.3, -0.25) is 4.79 Å². The van der Waals surface area contributed by atoms with E-state index in [4.69, 9.17) is 22.1 Å². The Kier molecular flexibility index (Phi) is 6.31. The number of aromatic nitrogens is 2. The molecule has 0 bridgehead atoms. The number of ether oxygens (including phenoxy) is 1. The number of halogens is 7. The fourth-order valence-corrected chi connectivity index (χ4v) is 3.62. The lowest BCUT2D eigenvalue weighted by Crippen LogP contribution is -2.51. The largest absolute Gasteiger partial charge is 0.462 e. The number of amides is 1. The topological polar surface area (TPSA) is 94.5 Å². The minimum absolute atomic E-state index is 0.113. The molecule has 0 aliphatic carbocycles. The predicted octanol–water partition coefficient (Wildman–Crippen LogP) is 4.29. The fraction of sp³-hybridized carbons (Fsp3) is 0.389. The number of alkyl halides is 4. The molecule has 0 radical (unpaired) electrons. The molecule has 174 valence electrons. The summed E-state index contributed by atoms with van der Waals surface area (Å²) in [6.07, 6.45) is -3.58. The molecule has 1 amide bonds. The number of nitrogens with two attached hydrogens (primary N) is 1. The van der Waals surface area contributed by atoms with Gasteiger partial charge in [0.15, 0.2) is 22.9 Å². The van der Waals surface area contributed by atoms with Crippen LogP contribution in [0.15, 0.2) is 23.3 Å². The van der Waals surface area contributed by atoms with Gasteiger partial charge in [-0.25, -0.2) is 27.2 Å². The van der Waals surface area contributed by atoms with E-state index < -0.39 is 76.1 Å². The van der Waals surface area contributed by atoms with Crippen LogP contribution in [0, 0.1) is 17.6 Å². The predicted molar refractivity (Wildman–Crippen MR) is 102 cm³/mol. The Morgan fingerprint density at radius 1 is 1.28 bits per heavy atom. The minimum atomic E-state index is -3.33. The van der Waals surface area contributed by atoms with Crippen molar-refractivity contribution in [1.29, 1.82) is 0 Å². The van der Waals surface area contributed by atoms with Crippen LogP contribution >= 0.6 is 11.6 Å². The van der Waals surface area contributed by atoms with Crippen molar-refractivity contribution in [3.8, 4) is 0 Å². The molecule has 1 aromatic carbocycles. The molecule has 1 aromatic heterocycles. The van der Waals surface area contributed by atoms with Gasteiger partial charge in [0.25, 0.3) is 18.4 Å². The first-order valence-electron chi connectivity index (χ1n) is 9.02. The van der Waals surface area contributed by atoms with E-state index >= 15 is 0 Å². The molecule has 7 nitrogen and oxygen atoms in total. The maximum atomic E-state index is 14.7. The van der Waals surface area contributed by atoms with Gasteiger partial charge >= 0.3 is 6.55 Å². The number of carbonyl (C=O) groups is 1. The van der Waals surface area contributed by atoms with Crippen LogP contribution in [0.25, 0.3) is 0 Å². The minimum Gasteiger partial charge on any atom is -0.462 e. The number of rotatable bonds is 5. The van der Waals surface area contributed by atoms with Gasteiger partial charge in [0.1, 0.15) is 6.10 Å². The lowest BCUT2D eigenvalue weighted by molar-refractivity contribution is -0.0366. The third-order valence-electron chi connectivity index (χ3n) is 5.15. The van der Waals surface area contributed by atoms with Crippen LogP contribution in [-0.2, 0) is 10.3 Å². The van der Waals surface area contributed by atoms with Gasteiger partial charge in [-0.2, -0.15) is 13.9 Å². The molecule has 3 atom stereocenters. The number of hydrogen-bond donors (Lipinski definition) is 2. The van der Waals surface area contributed by atoms with E-state index in [-0.39, 0.29) is 4.68 Å². The van der Waals surface area contributed by atoms with Crippen LogP contribution in [0.1, 0.15) is 36.4 Å². The van der Waals surface area contributed by atoms with Crippen LogP contribution in [-0.4, -0.2) is 34.2 Å². The molecule has 3 N–H and O–H groups in total. The van der Waals surface area contributed by atoms with Crippen molar-refractivity contribution >= 4 is 29.2 Å². The summed E-state index contributed by atoms with van der Waals surface area (Å²) >= 11 is 5.72. The van der Waals surface area contributed by atoms with Gasteiger partial charge in [-0.15, -0.1) is 0 Å². The van der Waals surface area contributed by atoms with Gasteiger partial charge in [-0.05, 0) is 13.0 Å². The number of aliphatic imine (C=N–C) groups is 1. The highest BCUT2D eigenvalue weighted by Gasteiger charge is 2.54. The number of benzene rings is 1. The molecule has 1 aliphatic rings. The molecule has 0 saturated heterocycles. The summed E-state index contributed by atoms with van der Waals surface area (Å²) in [5, 5.41) is 4.95. The lowest BCUT2D eigenvalue weighted by atomic mass is 9.76. The first-order valence-corrected chi connectivity index (χ1v) is 9.40. The zero-order valence-corrected chi connectivity index (χ0v) is 17.2. The van der Waals surface area contributed by atoms with Crippen molar-refractivity contribution in [3.05, 3.63) is 46.2 Å². The molecule has 0 fully saturated rings. The molecule has 14 heteroatoms. The molecule has 1 aliphatic heterocycles. The Labute approximate surface area is 182 Å². The fourth-order valence-electron chi connectivity index (χ4n) is 3.40. The molecule has 0 spiro atoms. The third kappa shape index (κ3) is 3.96. The van der Waals surface area contributed by atoms with Crippen molar-refractivity contribution in [2.45, 2.75) is 38.5 Å². The highest BCUT2D eigenvalue weighted by Crippen LogP contribution is 2.46. The van der Waals surface area contributed by atoms with E-state index in [1.54, 1.807) is 0 Å². The summed E-state index contributed by atoms with van der Waals surface area (Å²) in [6, 6.07) is 0.634. The summed E-state index contributed by atoms with van der Waals surface area (Å²) in [6.45, 7) is -0.383. The van der Waals surface area contributed by atoms with E-state index in [0.29, 0.717) is 12.3 Å². The summed E-state index contributed by atoms with van der Waals surface area (Å²) in [5.41, 5.74) is 0.879. The van der Waals surface area contributed by atoms with Gasteiger partial charge in [-0.1, -0.05) is 18.5 Å². The number of hydrogen-bond acceptors (Lipinski definition) is 5. The molecule has 0 unspecified atom stereocenters. The number of carbonyl (C=O) groups excluding carboxylic acids is 1. The highest BCUT2D eigenvalue weighted by atomic mass is 35.5. The Hall–Kier alpha value is -2.96. The van der Waals surface area contributed by atoms with Crippen molar-refractivity contribution in [1.82, 2.24) is 9.78 Å². The molecular weight excluding hydrogens is 468 g/mol. The second-order valence-electron chi connectivity index (χ2n) is 7.04. The van der Waals surface area contributed by atoms with Gasteiger partial charge < -0.3 is 15.8 Å². The van der Waals surface area contributed by atoms with Crippen LogP contribution in [0.2, 0.25) is 5.02 Å². The monoisotopic (exact) mass is 483 g/mol. The van der Waals surface area contributed by atoms with Gasteiger partial charge in [0.05, 0.1) is 11.2 Å². The lowest BCUT2D eigenvalue weighted by Gasteiger charge is -2.41. The van der Waals surface area contributed by atoms with Crippen molar-refractivity contribution < 1.29 is 35.9 Å². The standard InChI is InChI=1S/C18H16ClF6N5O2/c1-6-7(2)32-17(26)28-18(6,15(22)23)9-3-8(4-11(20)12(9)21)27-14(31)13-10(19)5-30(29-13)16(24)25/h3-7,15-16H,1-2H3,(H2,26,28)(H,27,31)/t6-,7+,18-/m1/s1. The van der Waals surface area contributed by atoms with Crippen LogP contribution in [0.4, 0.5) is 32.0 Å². The van der Waals surface area contributed by atoms with E-state index in [0.717, 1.165) is 6.07 Å². The second-order valence-corrected chi connectivity index (χ2v) is 7.45. The molecular formula is C18H16ClF6N5O2. The van der Waals surface area contributed by atoms with Crippen molar-refractivity contribution in [3.63, 3.8) is 0 Å². The SMILES string of the molecule is C[C@@H]1OC(N)=N[C@](c2cc(NC(=O)c3nn(C(F)F)cc3Cl)cc(F)c2F)(C(F)F)[C@@H]1C. The van der Waals surface area contributed by atoms with E-state index in [9.17, 15) is 31.1 Å². The van der Waals surface area contributed by atoms with Crippen LogP contribution < -0.4 is 11.1 Å². The summed E-state index contributed by atoms with van der Waals surface area (Å²) < 4.78 is 88.3. The Morgan fingerprint density at radius 2 is 1.94 bits per heavy atom. The second kappa shape index (κ2) is 8.52. The Bertz CT molecular complexity index is 1080. The molecule has 2 heterocycles. The zero-order chi connectivity index (χ0) is 24.0. The maximum Gasteiger partial charge on any atom is 0.333 e. The summed E-state index contributed by atoms with van der Waals surface area (Å²) in [5.74, 6) is -5.51. The van der Waals surface area contributed by atoms with Crippen LogP contribution in [0.5, 0.6) is 0 Å².